The average Bonchev–Trinajstić information content (AvgIpc) is 2.46. The molecule has 0 aliphatic carbocycles. The van der Waals surface area contributed by atoms with Crippen LogP contribution in [0.15, 0.2) is 54.6 Å². The highest BCUT2D eigenvalue weighted by molar-refractivity contribution is 6.08. The molecule has 1 N–H and O–H groups in total. The summed E-state index contributed by atoms with van der Waals surface area (Å²) in [6.45, 7) is -3.00. The van der Waals surface area contributed by atoms with Crippen molar-refractivity contribution in [3.63, 3.8) is 0 Å². The van der Waals surface area contributed by atoms with Crippen molar-refractivity contribution in [2.75, 3.05) is 0 Å². The number of phenols is 1. The maximum Gasteiger partial charge on any atom is 0.387 e. The Balaban J connectivity index is 2.23. The monoisotopic (exact) mass is 290 g/mol. The number of alkyl halides is 2. The van der Waals surface area contributed by atoms with Gasteiger partial charge >= 0.3 is 6.61 Å². The Morgan fingerprint density at radius 2 is 1.76 bits per heavy atom. The lowest BCUT2D eigenvalue weighted by atomic mass is 10.1. The summed E-state index contributed by atoms with van der Waals surface area (Å²) in [5, 5.41) is 9.58. The Kier molecular flexibility index (Phi) is 4.66. The lowest BCUT2D eigenvalue weighted by Crippen LogP contribution is -2.06. The van der Waals surface area contributed by atoms with Gasteiger partial charge in [-0.25, -0.2) is 0 Å². The first-order chi connectivity index (χ1) is 10.1. The third-order valence-electron chi connectivity index (χ3n) is 2.72. The van der Waals surface area contributed by atoms with E-state index in [4.69, 9.17) is 0 Å². The molecule has 0 spiro atoms. The molecule has 2 aromatic carbocycles. The third-order valence-corrected chi connectivity index (χ3v) is 2.72. The first-order valence-electron chi connectivity index (χ1n) is 6.12. The first kappa shape index (κ1) is 14.7. The van der Waals surface area contributed by atoms with Crippen LogP contribution in [-0.2, 0) is 0 Å². The van der Waals surface area contributed by atoms with E-state index in [9.17, 15) is 18.7 Å². The summed E-state index contributed by atoms with van der Waals surface area (Å²) in [4.78, 5) is 12.0. The average molecular weight is 290 g/mol. The number of hydrogen-bond donors (Lipinski definition) is 1. The van der Waals surface area contributed by atoms with E-state index in [0.717, 1.165) is 0 Å². The normalized spacial score (nSPS) is 11.0. The van der Waals surface area contributed by atoms with Gasteiger partial charge in [0.05, 0.1) is 5.56 Å². The van der Waals surface area contributed by atoms with Crippen LogP contribution in [0.25, 0.3) is 6.08 Å². The molecule has 0 saturated carbocycles. The minimum absolute atomic E-state index is 0.0265. The molecule has 0 amide bonds. The van der Waals surface area contributed by atoms with Crippen LogP contribution in [0.2, 0.25) is 0 Å². The lowest BCUT2D eigenvalue weighted by Gasteiger charge is -2.07. The highest BCUT2D eigenvalue weighted by Gasteiger charge is 2.13. The van der Waals surface area contributed by atoms with Gasteiger partial charge in [0.2, 0.25) is 0 Å². The predicted molar refractivity (Wildman–Crippen MR) is 74.5 cm³/mol. The molecule has 5 heteroatoms. The van der Waals surface area contributed by atoms with Crippen LogP contribution in [0.3, 0.4) is 0 Å². The van der Waals surface area contributed by atoms with E-state index < -0.39 is 12.4 Å². The van der Waals surface area contributed by atoms with Gasteiger partial charge in [0.15, 0.2) is 5.78 Å². The number of allylic oxidation sites excluding steroid dienone is 1. The van der Waals surface area contributed by atoms with Crippen molar-refractivity contribution in [2.24, 2.45) is 0 Å². The standard InChI is InChI=1S/C16H12F2O3/c17-16(18)21-15-8-4-2-6-12(15)14(20)10-9-11-5-1-3-7-13(11)19/h1-10,16,19H. The van der Waals surface area contributed by atoms with Crippen LogP contribution < -0.4 is 4.74 Å². The Morgan fingerprint density at radius 1 is 1.10 bits per heavy atom. The van der Waals surface area contributed by atoms with Gasteiger partial charge < -0.3 is 9.84 Å². The van der Waals surface area contributed by atoms with Crippen molar-refractivity contribution in [1.29, 1.82) is 0 Å². The molecule has 108 valence electrons. The number of carbonyl (C=O) groups is 1. The topological polar surface area (TPSA) is 46.5 Å². The molecule has 0 atom stereocenters. The van der Waals surface area contributed by atoms with Crippen molar-refractivity contribution in [3.8, 4) is 11.5 Å². The molecule has 0 aliphatic heterocycles. The maximum absolute atomic E-state index is 12.3. The SMILES string of the molecule is O=C(C=Cc1ccccc1O)c1ccccc1OC(F)F. The van der Waals surface area contributed by atoms with Gasteiger partial charge in [0, 0.05) is 5.56 Å². The highest BCUT2D eigenvalue weighted by Crippen LogP contribution is 2.22. The minimum atomic E-state index is -3.00. The number of para-hydroxylation sites is 2. The second-order valence-corrected chi connectivity index (χ2v) is 4.13. The van der Waals surface area contributed by atoms with Crippen molar-refractivity contribution in [1.82, 2.24) is 0 Å². The molecule has 2 rings (SSSR count). The van der Waals surface area contributed by atoms with Crippen molar-refractivity contribution in [2.45, 2.75) is 6.61 Å². The molecule has 0 unspecified atom stereocenters. The van der Waals surface area contributed by atoms with Crippen molar-refractivity contribution < 1.29 is 23.4 Å². The Hall–Kier alpha value is -2.69. The van der Waals surface area contributed by atoms with E-state index in [0.29, 0.717) is 5.56 Å². The number of ether oxygens (including phenoxy) is 1. The number of aromatic hydroxyl groups is 1. The molecule has 0 saturated heterocycles. The van der Waals surface area contributed by atoms with Gasteiger partial charge in [-0.05, 0) is 30.4 Å². The van der Waals surface area contributed by atoms with E-state index in [1.807, 2.05) is 0 Å². The zero-order valence-electron chi connectivity index (χ0n) is 10.9. The maximum atomic E-state index is 12.3. The Bertz CT molecular complexity index is 666. The van der Waals surface area contributed by atoms with Crippen LogP contribution in [0.4, 0.5) is 8.78 Å². The van der Waals surface area contributed by atoms with Crippen LogP contribution in [0.1, 0.15) is 15.9 Å². The fourth-order valence-corrected chi connectivity index (χ4v) is 1.75. The summed E-state index contributed by atoms with van der Waals surface area (Å²) in [6.07, 6.45) is 2.61. The van der Waals surface area contributed by atoms with Crippen molar-refractivity contribution >= 4 is 11.9 Å². The third kappa shape index (κ3) is 3.89. The fraction of sp³-hybridized carbons (Fsp3) is 0.0625. The van der Waals surface area contributed by atoms with Gasteiger partial charge in [0.1, 0.15) is 11.5 Å². The van der Waals surface area contributed by atoms with Gasteiger partial charge in [-0.15, -0.1) is 0 Å². The molecule has 0 aromatic heterocycles. The molecule has 0 bridgehead atoms. The molecule has 0 fully saturated rings. The second kappa shape index (κ2) is 6.65. The van der Waals surface area contributed by atoms with Crippen molar-refractivity contribution in [3.05, 3.63) is 65.7 Å². The molecule has 21 heavy (non-hydrogen) atoms. The number of hydrogen-bond acceptors (Lipinski definition) is 3. The summed E-state index contributed by atoms with van der Waals surface area (Å²) in [5.74, 6) is -0.646. The quantitative estimate of drug-likeness (QED) is 0.671. The number of carbonyl (C=O) groups excluding carboxylic acids is 1. The summed E-state index contributed by atoms with van der Waals surface area (Å²) >= 11 is 0. The highest BCUT2D eigenvalue weighted by atomic mass is 19.3. The zero-order chi connectivity index (χ0) is 15.2. The number of rotatable bonds is 5. The number of phenolic OH excluding ortho intramolecular Hbond substituents is 1. The van der Waals surface area contributed by atoms with E-state index in [1.165, 1.54) is 36.4 Å². The van der Waals surface area contributed by atoms with Crippen LogP contribution >= 0.6 is 0 Å². The summed E-state index contributed by atoms with van der Waals surface area (Å²) < 4.78 is 28.9. The van der Waals surface area contributed by atoms with Crippen LogP contribution in [0, 0.1) is 0 Å². The van der Waals surface area contributed by atoms with Gasteiger partial charge in [-0.3, -0.25) is 4.79 Å². The van der Waals surface area contributed by atoms with E-state index >= 15 is 0 Å². The Labute approximate surface area is 120 Å². The van der Waals surface area contributed by atoms with Crippen LogP contribution in [-0.4, -0.2) is 17.5 Å². The fourth-order valence-electron chi connectivity index (χ4n) is 1.75. The summed E-state index contributed by atoms with van der Waals surface area (Å²) in [7, 11) is 0. The minimum Gasteiger partial charge on any atom is -0.507 e. The first-order valence-corrected chi connectivity index (χ1v) is 6.12. The molecular formula is C16H12F2O3. The van der Waals surface area contributed by atoms with E-state index in [1.54, 1.807) is 24.3 Å². The van der Waals surface area contributed by atoms with Gasteiger partial charge in [-0.1, -0.05) is 30.3 Å². The second-order valence-electron chi connectivity index (χ2n) is 4.13. The van der Waals surface area contributed by atoms with Gasteiger partial charge in [-0.2, -0.15) is 8.78 Å². The molecule has 0 aliphatic rings. The Morgan fingerprint density at radius 3 is 2.48 bits per heavy atom. The predicted octanol–water partition coefficient (Wildman–Crippen LogP) is 3.89. The number of halogens is 2. The molecular weight excluding hydrogens is 278 g/mol. The van der Waals surface area contributed by atoms with E-state index in [-0.39, 0.29) is 17.1 Å². The lowest BCUT2D eigenvalue weighted by molar-refractivity contribution is -0.0501. The molecule has 0 radical (unpaired) electrons. The zero-order valence-corrected chi connectivity index (χ0v) is 10.9. The van der Waals surface area contributed by atoms with E-state index in [2.05, 4.69) is 4.74 Å². The molecule has 3 nitrogen and oxygen atoms in total. The largest absolute Gasteiger partial charge is 0.507 e. The van der Waals surface area contributed by atoms with Gasteiger partial charge in [0.25, 0.3) is 0 Å². The van der Waals surface area contributed by atoms with Crippen LogP contribution in [0.5, 0.6) is 11.5 Å². The molecule has 2 aromatic rings. The smallest absolute Gasteiger partial charge is 0.387 e. The number of benzene rings is 2. The summed E-state index contributed by atoms with van der Waals surface area (Å²) in [5.41, 5.74) is 0.488. The molecule has 0 heterocycles. The summed E-state index contributed by atoms with van der Waals surface area (Å²) in [6, 6.07) is 12.2. The number of ketones is 1.